The summed E-state index contributed by atoms with van der Waals surface area (Å²) in [4.78, 5) is 16.9. The molecule has 1 N–H and O–H groups in total. The molecule has 1 fully saturated rings. The molecule has 1 unspecified atom stereocenters. The minimum absolute atomic E-state index is 0. The molecule has 1 amide bonds. The Kier molecular flexibility index (Phi) is 7.46. The molecule has 4 nitrogen and oxygen atoms in total. The van der Waals surface area contributed by atoms with Crippen LogP contribution in [0.25, 0.3) is 0 Å². The summed E-state index contributed by atoms with van der Waals surface area (Å²) in [5.41, 5.74) is 2.26. The van der Waals surface area contributed by atoms with E-state index in [2.05, 4.69) is 29.3 Å². The number of nitrogens with one attached hydrogen (secondary N) is 1. The molecule has 2 aliphatic rings. The van der Waals surface area contributed by atoms with Crippen molar-refractivity contribution in [1.29, 1.82) is 0 Å². The van der Waals surface area contributed by atoms with E-state index in [-0.39, 0.29) is 30.7 Å². The first-order chi connectivity index (χ1) is 9.79. The molecule has 0 bridgehead atoms. The van der Waals surface area contributed by atoms with E-state index in [4.69, 9.17) is 0 Å². The van der Waals surface area contributed by atoms with E-state index < -0.39 is 0 Å². The van der Waals surface area contributed by atoms with Crippen LogP contribution in [0, 0.1) is 0 Å². The zero-order chi connectivity index (χ0) is 13.9. The molecule has 1 aromatic rings. The SMILES string of the molecule is CCN1CCN(C(=O)CC2CCCN2)c2ccccc21.Cl.Cl. The summed E-state index contributed by atoms with van der Waals surface area (Å²) >= 11 is 0. The third kappa shape index (κ3) is 3.86. The number of hydrogen-bond acceptors (Lipinski definition) is 3. The van der Waals surface area contributed by atoms with Crippen LogP contribution in [0.2, 0.25) is 0 Å². The highest BCUT2D eigenvalue weighted by Gasteiger charge is 2.28. The number of hydrogen-bond donors (Lipinski definition) is 1. The van der Waals surface area contributed by atoms with Crippen molar-refractivity contribution in [1.82, 2.24) is 5.32 Å². The molecule has 0 aromatic heterocycles. The minimum Gasteiger partial charge on any atom is -0.368 e. The topological polar surface area (TPSA) is 35.6 Å². The second kappa shape index (κ2) is 8.61. The number of halogens is 2. The van der Waals surface area contributed by atoms with Gasteiger partial charge >= 0.3 is 0 Å². The molecule has 1 aromatic carbocycles. The van der Waals surface area contributed by atoms with Crippen LogP contribution in [-0.4, -0.2) is 38.1 Å². The van der Waals surface area contributed by atoms with Crippen molar-refractivity contribution < 1.29 is 4.79 Å². The monoisotopic (exact) mass is 345 g/mol. The van der Waals surface area contributed by atoms with Gasteiger partial charge in [-0.3, -0.25) is 4.79 Å². The lowest BCUT2D eigenvalue weighted by molar-refractivity contribution is -0.119. The van der Waals surface area contributed by atoms with Gasteiger partial charge in [0.1, 0.15) is 0 Å². The van der Waals surface area contributed by atoms with E-state index in [9.17, 15) is 4.79 Å². The Morgan fingerprint density at radius 3 is 2.59 bits per heavy atom. The van der Waals surface area contributed by atoms with Gasteiger partial charge in [-0.15, -0.1) is 24.8 Å². The average Bonchev–Trinajstić information content (AvgIpc) is 2.99. The molecule has 0 spiro atoms. The number of rotatable bonds is 3. The van der Waals surface area contributed by atoms with Crippen LogP contribution < -0.4 is 15.1 Å². The highest BCUT2D eigenvalue weighted by Crippen LogP contribution is 2.33. The molecular formula is C16H25Cl2N3O. The number of nitrogens with zero attached hydrogens (tertiary/aromatic N) is 2. The number of benzene rings is 1. The molecule has 124 valence electrons. The van der Waals surface area contributed by atoms with Gasteiger partial charge in [-0.25, -0.2) is 0 Å². The smallest absolute Gasteiger partial charge is 0.228 e. The molecule has 2 heterocycles. The Balaban J connectivity index is 0.00000121. The van der Waals surface area contributed by atoms with Crippen molar-refractivity contribution in [3.8, 4) is 0 Å². The van der Waals surface area contributed by atoms with Crippen LogP contribution in [0.4, 0.5) is 11.4 Å². The second-order valence-corrected chi connectivity index (χ2v) is 5.61. The van der Waals surface area contributed by atoms with E-state index in [0.29, 0.717) is 12.5 Å². The molecule has 2 aliphatic heterocycles. The molecule has 0 saturated carbocycles. The van der Waals surface area contributed by atoms with Gasteiger partial charge in [0.15, 0.2) is 0 Å². The first-order valence-electron chi connectivity index (χ1n) is 7.67. The van der Waals surface area contributed by atoms with Crippen molar-refractivity contribution in [3.63, 3.8) is 0 Å². The highest BCUT2D eigenvalue weighted by molar-refractivity contribution is 5.98. The molecule has 0 aliphatic carbocycles. The van der Waals surface area contributed by atoms with Crippen molar-refractivity contribution in [2.24, 2.45) is 0 Å². The van der Waals surface area contributed by atoms with Gasteiger partial charge in [-0.1, -0.05) is 12.1 Å². The van der Waals surface area contributed by atoms with Crippen molar-refractivity contribution in [3.05, 3.63) is 24.3 Å². The van der Waals surface area contributed by atoms with Gasteiger partial charge in [0.2, 0.25) is 5.91 Å². The van der Waals surface area contributed by atoms with Crippen LogP contribution >= 0.6 is 24.8 Å². The van der Waals surface area contributed by atoms with E-state index in [1.807, 2.05) is 17.0 Å². The zero-order valence-electron chi connectivity index (χ0n) is 13.0. The van der Waals surface area contributed by atoms with Gasteiger partial charge in [-0.2, -0.15) is 0 Å². The summed E-state index contributed by atoms with van der Waals surface area (Å²) in [5, 5.41) is 3.41. The average molecular weight is 346 g/mol. The summed E-state index contributed by atoms with van der Waals surface area (Å²) in [6.07, 6.45) is 2.95. The fourth-order valence-electron chi connectivity index (χ4n) is 3.26. The number of likely N-dealkylation sites (N-methyl/N-ethyl adjacent to an activating group) is 1. The Morgan fingerprint density at radius 2 is 1.95 bits per heavy atom. The van der Waals surface area contributed by atoms with Crippen LogP contribution in [0.1, 0.15) is 26.2 Å². The van der Waals surface area contributed by atoms with Gasteiger partial charge in [-0.05, 0) is 38.4 Å². The summed E-state index contributed by atoms with van der Waals surface area (Å²) in [7, 11) is 0. The van der Waals surface area contributed by atoms with Gasteiger partial charge < -0.3 is 15.1 Å². The Labute approximate surface area is 145 Å². The maximum Gasteiger partial charge on any atom is 0.228 e. The number of carbonyl (C=O) groups is 1. The van der Waals surface area contributed by atoms with Gasteiger partial charge in [0.05, 0.1) is 11.4 Å². The van der Waals surface area contributed by atoms with Crippen molar-refractivity contribution >= 4 is 42.1 Å². The fraction of sp³-hybridized carbons (Fsp3) is 0.562. The predicted octanol–water partition coefficient (Wildman–Crippen LogP) is 2.85. The van der Waals surface area contributed by atoms with E-state index in [0.717, 1.165) is 38.3 Å². The minimum atomic E-state index is 0. The van der Waals surface area contributed by atoms with E-state index in [1.165, 1.54) is 12.1 Å². The standard InChI is InChI=1S/C16H23N3O.2ClH/c1-2-18-10-11-19(15-8-4-3-7-14(15)18)16(20)12-13-6-5-9-17-13;;/h3-4,7-8,13,17H,2,5-6,9-12H2,1H3;2*1H. The van der Waals surface area contributed by atoms with Gasteiger partial charge in [0, 0.05) is 32.1 Å². The maximum absolute atomic E-state index is 12.6. The normalized spacial score (nSPS) is 20.0. The van der Waals surface area contributed by atoms with E-state index in [1.54, 1.807) is 0 Å². The first kappa shape index (κ1) is 19.1. The lowest BCUT2D eigenvalue weighted by Gasteiger charge is -2.37. The van der Waals surface area contributed by atoms with Crippen molar-refractivity contribution in [2.45, 2.75) is 32.2 Å². The second-order valence-electron chi connectivity index (χ2n) is 5.61. The van der Waals surface area contributed by atoms with Crippen LogP contribution in [0.3, 0.4) is 0 Å². The van der Waals surface area contributed by atoms with Gasteiger partial charge in [0.25, 0.3) is 0 Å². The predicted molar refractivity (Wildman–Crippen MR) is 96.8 cm³/mol. The molecule has 0 radical (unpaired) electrons. The first-order valence-corrected chi connectivity index (χ1v) is 7.67. The third-order valence-electron chi connectivity index (χ3n) is 4.37. The fourth-order valence-corrected chi connectivity index (χ4v) is 3.26. The number of fused-ring (bicyclic) bond motifs is 1. The molecule has 6 heteroatoms. The quantitative estimate of drug-likeness (QED) is 0.914. The Morgan fingerprint density at radius 1 is 1.23 bits per heavy atom. The molecule has 1 saturated heterocycles. The summed E-state index contributed by atoms with van der Waals surface area (Å²) < 4.78 is 0. The van der Waals surface area contributed by atoms with E-state index >= 15 is 0 Å². The molecule has 22 heavy (non-hydrogen) atoms. The lowest BCUT2D eigenvalue weighted by atomic mass is 10.1. The number of para-hydroxylation sites is 2. The van der Waals surface area contributed by atoms with Crippen LogP contribution in [-0.2, 0) is 4.79 Å². The summed E-state index contributed by atoms with van der Waals surface area (Å²) in [6.45, 7) is 5.94. The highest BCUT2D eigenvalue weighted by atomic mass is 35.5. The summed E-state index contributed by atoms with van der Waals surface area (Å²) in [5.74, 6) is 0.257. The van der Waals surface area contributed by atoms with Crippen LogP contribution in [0.15, 0.2) is 24.3 Å². The van der Waals surface area contributed by atoms with Crippen molar-refractivity contribution in [2.75, 3.05) is 36.0 Å². The summed E-state index contributed by atoms with van der Waals surface area (Å²) in [6, 6.07) is 8.63. The lowest BCUT2D eigenvalue weighted by Crippen LogP contribution is -2.45. The largest absolute Gasteiger partial charge is 0.368 e. The zero-order valence-corrected chi connectivity index (χ0v) is 14.6. The molecular weight excluding hydrogens is 321 g/mol. The maximum atomic E-state index is 12.6. The Hall–Kier alpha value is -0.970. The number of amides is 1. The molecule has 3 rings (SSSR count). The van der Waals surface area contributed by atoms with Crippen LogP contribution in [0.5, 0.6) is 0 Å². The number of anilines is 2. The number of carbonyl (C=O) groups excluding carboxylic acids is 1. The third-order valence-corrected chi connectivity index (χ3v) is 4.37. The Bertz CT molecular complexity index is 492. The molecule has 1 atom stereocenters.